The van der Waals surface area contributed by atoms with Crippen molar-refractivity contribution in [1.29, 1.82) is 0 Å². The number of hydrogen-bond acceptors (Lipinski definition) is 5. The molecule has 1 amide bonds. The zero-order chi connectivity index (χ0) is 26.9. The molecule has 4 aromatic rings. The van der Waals surface area contributed by atoms with Crippen molar-refractivity contribution in [2.45, 2.75) is 38.8 Å². The highest BCUT2D eigenvalue weighted by Crippen LogP contribution is 2.23. The van der Waals surface area contributed by atoms with Gasteiger partial charge in [0.15, 0.2) is 5.78 Å². The third kappa shape index (κ3) is 6.81. The number of ketones is 1. The molecule has 0 bridgehead atoms. The summed E-state index contributed by atoms with van der Waals surface area (Å²) in [6, 6.07) is 23.2. The second kappa shape index (κ2) is 12.9. The van der Waals surface area contributed by atoms with Crippen LogP contribution in [0.1, 0.15) is 30.0 Å². The number of methoxy groups -OCH3 is 1. The molecule has 0 aliphatic rings. The van der Waals surface area contributed by atoms with E-state index in [1.807, 2.05) is 79.0 Å². The van der Waals surface area contributed by atoms with E-state index in [4.69, 9.17) is 15.2 Å². The Labute approximate surface area is 223 Å². The van der Waals surface area contributed by atoms with E-state index in [-0.39, 0.29) is 24.7 Å². The van der Waals surface area contributed by atoms with Crippen LogP contribution in [0.2, 0.25) is 0 Å². The summed E-state index contributed by atoms with van der Waals surface area (Å²) in [5, 5.41) is 3.88. The van der Waals surface area contributed by atoms with Gasteiger partial charge in [-0.25, -0.2) is 0 Å². The van der Waals surface area contributed by atoms with Crippen molar-refractivity contribution in [3.05, 3.63) is 95.7 Å². The standard InChI is InChI=1S/C31H35N3O4/c1-3-21-12-15-24(16-13-21)38-20-28(35)26(18-23-19-33-27-10-6-5-9-25(23)27)31(32)34-30(36)17-14-22-8-4-7-11-29(22)37-2/h4-13,15-16,19,26,31,33H,3,14,17-18,20,32H2,1-2H3,(H,34,36). The number of Topliss-reactive ketones (excluding diaryl/α,β-unsaturated/α-hetero) is 1. The lowest BCUT2D eigenvalue weighted by Crippen LogP contribution is -2.51. The van der Waals surface area contributed by atoms with Gasteiger partial charge < -0.3 is 25.5 Å². The van der Waals surface area contributed by atoms with Gasteiger partial charge in [0.25, 0.3) is 0 Å². The Morgan fingerprint density at radius 1 is 0.974 bits per heavy atom. The summed E-state index contributed by atoms with van der Waals surface area (Å²) in [5.41, 5.74) is 10.5. The third-order valence-corrected chi connectivity index (χ3v) is 6.82. The van der Waals surface area contributed by atoms with E-state index in [0.717, 1.165) is 34.2 Å². The van der Waals surface area contributed by atoms with Gasteiger partial charge in [-0.2, -0.15) is 0 Å². The minimum Gasteiger partial charge on any atom is -0.496 e. The van der Waals surface area contributed by atoms with Gasteiger partial charge in [0.1, 0.15) is 18.1 Å². The highest BCUT2D eigenvalue weighted by Gasteiger charge is 2.28. The summed E-state index contributed by atoms with van der Waals surface area (Å²) in [4.78, 5) is 29.5. The van der Waals surface area contributed by atoms with Gasteiger partial charge in [-0.15, -0.1) is 0 Å². The van der Waals surface area contributed by atoms with Gasteiger partial charge in [0, 0.05) is 23.5 Å². The van der Waals surface area contributed by atoms with Crippen molar-refractivity contribution in [3.8, 4) is 11.5 Å². The largest absolute Gasteiger partial charge is 0.496 e. The van der Waals surface area contributed by atoms with Crippen molar-refractivity contribution >= 4 is 22.6 Å². The van der Waals surface area contributed by atoms with Crippen LogP contribution < -0.4 is 20.5 Å². The Kier molecular flexibility index (Phi) is 9.16. The van der Waals surface area contributed by atoms with Gasteiger partial charge >= 0.3 is 0 Å². The fourth-order valence-electron chi connectivity index (χ4n) is 4.58. The summed E-state index contributed by atoms with van der Waals surface area (Å²) >= 11 is 0. The van der Waals surface area contributed by atoms with E-state index < -0.39 is 12.1 Å². The van der Waals surface area contributed by atoms with Crippen LogP contribution in [0.25, 0.3) is 10.9 Å². The molecule has 7 nitrogen and oxygen atoms in total. The van der Waals surface area contributed by atoms with Crippen LogP contribution in [0.3, 0.4) is 0 Å². The molecule has 38 heavy (non-hydrogen) atoms. The van der Waals surface area contributed by atoms with Crippen molar-refractivity contribution < 1.29 is 19.1 Å². The molecule has 0 saturated heterocycles. The highest BCUT2D eigenvalue weighted by molar-refractivity contribution is 5.87. The number of nitrogens with two attached hydrogens (primary N) is 1. The van der Waals surface area contributed by atoms with Crippen LogP contribution in [0.5, 0.6) is 11.5 Å². The highest BCUT2D eigenvalue weighted by atomic mass is 16.5. The Morgan fingerprint density at radius 2 is 1.71 bits per heavy atom. The summed E-state index contributed by atoms with van der Waals surface area (Å²) in [7, 11) is 1.61. The number of para-hydroxylation sites is 2. The van der Waals surface area contributed by atoms with Crippen LogP contribution in [-0.2, 0) is 28.9 Å². The minimum atomic E-state index is -0.868. The summed E-state index contributed by atoms with van der Waals surface area (Å²) in [6.07, 6.45) is 3.05. The molecule has 3 aromatic carbocycles. The smallest absolute Gasteiger partial charge is 0.221 e. The maximum absolute atomic E-state index is 13.4. The molecule has 0 spiro atoms. The molecule has 4 N–H and O–H groups in total. The molecule has 0 fully saturated rings. The molecule has 1 heterocycles. The maximum Gasteiger partial charge on any atom is 0.221 e. The number of ether oxygens (including phenoxy) is 2. The molecule has 0 saturated carbocycles. The van der Waals surface area contributed by atoms with Crippen molar-refractivity contribution in [1.82, 2.24) is 10.3 Å². The van der Waals surface area contributed by atoms with Crippen molar-refractivity contribution in [2.24, 2.45) is 11.7 Å². The summed E-state index contributed by atoms with van der Waals surface area (Å²) in [5.74, 6) is 0.292. The van der Waals surface area contributed by atoms with E-state index in [1.165, 1.54) is 5.56 Å². The average molecular weight is 514 g/mol. The first kappa shape index (κ1) is 26.9. The number of aryl methyl sites for hydroxylation is 2. The first-order valence-corrected chi connectivity index (χ1v) is 12.9. The number of aromatic nitrogens is 1. The molecule has 0 aliphatic carbocycles. The topological polar surface area (TPSA) is 106 Å². The maximum atomic E-state index is 13.4. The zero-order valence-corrected chi connectivity index (χ0v) is 21.9. The number of aromatic amines is 1. The molecule has 2 atom stereocenters. The van der Waals surface area contributed by atoms with E-state index in [0.29, 0.717) is 18.6 Å². The first-order chi connectivity index (χ1) is 18.5. The van der Waals surface area contributed by atoms with Crippen LogP contribution in [0.15, 0.2) is 79.0 Å². The normalized spacial score (nSPS) is 12.6. The van der Waals surface area contributed by atoms with Crippen LogP contribution in [-0.4, -0.2) is 36.6 Å². The molecule has 4 rings (SSSR count). The molecule has 2 unspecified atom stereocenters. The molecule has 198 valence electrons. The molecule has 1 aromatic heterocycles. The summed E-state index contributed by atoms with van der Waals surface area (Å²) < 4.78 is 11.2. The Balaban J connectivity index is 1.45. The summed E-state index contributed by atoms with van der Waals surface area (Å²) in [6.45, 7) is 1.95. The lowest BCUT2D eigenvalue weighted by Gasteiger charge is -2.24. The number of nitrogens with one attached hydrogen (secondary N) is 2. The number of benzene rings is 3. The number of rotatable bonds is 13. The van der Waals surface area contributed by atoms with E-state index >= 15 is 0 Å². The Hall–Kier alpha value is -4.10. The second-order valence-electron chi connectivity index (χ2n) is 9.33. The van der Waals surface area contributed by atoms with Crippen molar-refractivity contribution in [3.63, 3.8) is 0 Å². The Bertz CT molecular complexity index is 1360. The van der Waals surface area contributed by atoms with Crippen LogP contribution >= 0.6 is 0 Å². The predicted octanol–water partition coefficient (Wildman–Crippen LogP) is 4.58. The fourth-order valence-corrected chi connectivity index (χ4v) is 4.58. The van der Waals surface area contributed by atoms with Gasteiger partial charge in [0.2, 0.25) is 5.91 Å². The molecule has 0 aliphatic heterocycles. The number of H-pyrrole nitrogens is 1. The number of hydrogen-bond donors (Lipinski definition) is 3. The van der Waals surface area contributed by atoms with Gasteiger partial charge in [0.05, 0.1) is 19.2 Å². The molecule has 0 radical (unpaired) electrons. The quantitative estimate of drug-likeness (QED) is 0.227. The van der Waals surface area contributed by atoms with E-state index in [1.54, 1.807) is 7.11 Å². The SMILES string of the molecule is CCc1ccc(OCC(=O)C(Cc2c[nH]c3ccccc23)C(N)NC(=O)CCc2ccccc2OC)cc1. The van der Waals surface area contributed by atoms with Gasteiger partial charge in [-0.1, -0.05) is 55.5 Å². The van der Waals surface area contributed by atoms with E-state index in [2.05, 4.69) is 17.2 Å². The minimum absolute atomic E-state index is 0.136. The van der Waals surface area contributed by atoms with Crippen LogP contribution in [0.4, 0.5) is 0 Å². The Morgan fingerprint density at radius 3 is 2.47 bits per heavy atom. The number of fused-ring (bicyclic) bond motifs is 1. The van der Waals surface area contributed by atoms with Crippen molar-refractivity contribution in [2.75, 3.05) is 13.7 Å². The van der Waals surface area contributed by atoms with Gasteiger partial charge in [-0.05, 0) is 60.2 Å². The first-order valence-electron chi connectivity index (χ1n) is 12.9. The number of amides is 1. The lowest BCUT2D eigenvalue weighted by atomic mass is 9.92. The zero-order valence-electron chi connectivity index (χ0n) is 21.9. The monoisotopic (exact) mass is 513 g/mol. The molecular weight excluding hydrogens is 478 g/mol. The van der Waals surface area contributed by atoms with Gasteiger partial charge in [-0.3, -0.25) is 9.59 Å². The predicted molar refractivity (Wildman–Crippen MR) is 149 cm³/mol. The lowest BCUT2D eigenvalue weighted by molar-refractivity contribution is -0.127. The third-order valence-electron chi connectivity index (χ3n) is 6.82. The average Bonchev–Trinajstić information content (AvgIpc) is 3.36. The van der Waals surface area contributed by atoms with Crippen LogP contribution in [0, 0.1) is 5.92 Å². The number of carbonyl (C=O) groups is 2. The molecular formula is C31H35N3O4. The van der Waals surface area contributed by atoms with E-state index in [9.17, 15) is 9.59 Å². The molecule has 7 heteroatoms. The number of carbonyl (C=O) groups excluding carboxylic acids is 2. The fraction of sp³-hybridized carbons (Fsp3) is 0.290. The second-order valence-corrected chi connectivity index (χ2v) is 9.33.